The van der Waals surface area contributed by atoms with E-state index in [0.717, 1.165) is 29.6 Å². The van der Waals surface area contributed by atoms with Gasteiger partial charge in [0.2, 0.25) is 0 Å². The summed E-state index contributed by atoms with van der Waals surface area (Å²) in [6.45, 7) is -0.374. The fourth-order valence-electron chi connectivity index (χ4n) is 4.05. The number of aliphatic hydroxyl groups is 3. The number of rotatable bonds is 4. The molecule has 1 aliphatic heterocycles. The molecule has 0 aromatic rings. The van der Waals surface area contributed by atoms with Crippen LogP contribution in [0.25, 0.3) is 0 Å². The minimum Gasteiger partial charge on any atom is -0.456 e. The molecular formula is C15H20O5. The Morgan fingerprint density at radius 3 is 2.75 bits per heavy atom. The molecule has 20 heavy (non-hydrogen) atoms. The van der Waals surface area contributed by atoms with Gasteiger partial charge in [-0.2, -0.15) is 0 Å². The molecule has 0 aromatic heterocycles. The van der Waals surface area contributed by atoms with Crippen molar-refractivity contribution in [1.29, 1.82) is 0 Å². The maximum atomic E-state index is 12.4. The maximum Gasteiger partial charge on any atom is 0.317 e. The van der Waals surface area contributed by atoms with Crippen LogP contribution in [0.2, 0.25) is 0 Å². The zero-order valence-corrected chi connectivity index (χ0v) is 11.3. The van der Waals surface area contributed by atoms with Gasteiger partial charge in [-0.3, -0.25) is 4.79 Å². The summed E-state index contributed by atoms with van der Waals surface area (Å²) in [6, 6.07) is 0. The van der Waals surface area contributed by atoms with E-state index in [-0.39, 0.29) is 37.8 Å². The molecule has 1 saturated heterocycles. The monoisotopic (exact) mass is 280 g/mol. The molecule has 0 radical (unpaired) electrons. The lowest BCUT2D eigenvalue weighted by atomic mass is 9.71. The predicted octanol–water partition coefficient (Wildman–Crippen LogP) is 0.302. The van der Waals surface area contributed by atoms with E-state index in [2.05, 4.69) is 6.08 Å². The Morgan fingerprint density at radius 2 is 2.10 bits per heavy atom. The summed E-state index contributed by atoms with van der Waals surface area (Å²) in [5.74, 6) is -0.327. The van der Waals surface area contributed by atoms with Crippen molar-refractivity contribution in [3.8, 4) is 0 Å². The van der Waals surface area contributed by atoms with Gasteiger partial charge < -0.3 is 20.1 Å². The summed E-state index contributed by atoms with van der Waals surface area (Å²) in [6.07, 6.45) is 4.03. The quantitative estimate of drug-likeness (QED) is 0.509. The van der Waals surface area contributed by atoms with Crippen LogP contribution in [0.4, 0.5) is 0 Å². The van der Waals surface area contributed by atoms with Crippen LogP contribution in [0.3, 0.4) is 0 Å². The number of hydrogen-bond donors (Lipinski definition) is 3. The molecule has 3 rings (SSSR count). The largest absolute Gasteiger partial charge is 0.456 e. The predicted molar refractivity (Wildman–Crippen MR) is 70.6 cm³/mol. The Kier molecular flexibility index (Phi) is 3.44. The molecule has 3 atom stereocenters. The van der Waals surface area contributed by atoms with Gasteiger partial charge >= 0.3 is 5.97 Å². The molecule has 1 heterocycles. The van der Waals surface area contributed by atoms with E-state index in [1.165, 1.54) is 0 Å². The standard InChI is InChI=1S/C15H20O5/c16-5-4-15-6-9(7-17)11(8-18)10-2-1-3-12(15)13(10)20-14(15)19/h3,10,13,16-18H,1-2,4-8H2/t10-,13?,15-/m1/s1. The molecule has 2 aliphatic carbocycles. The molecule has 4 bridgehead atoms. The summed E-state index contributed by atoms with van der Waals surface area (Å²) in [4.78, 5) is 12.4. The van der Waals surface area contributed by atoms with Gasteiger partial charge in [-0.05, 0) is 42.4 Å². The summed E-state index contributed by atoms with van der Waals surface area (Å²) >= 11 is 0. The van der Waals surface area contributed by atoms with E-state index in [1.807, 2.05) is 0 Å². The van der Waals surface area contributed by atoms with Crippen molar-refractivity contribution in [3.05, 3.63) is 22.8 Å². The Morgan fingerprint density at radius 1 is 1.30 bits per heavy atom. The first-order valence-electron chi connectivity index (χ1n) is 7.13. The van der Waals surface area contributed by atoms with Crippen LogP contribution in [0.15, 0.2) is 22.8 Å². The normalized spacial score (nSPS) is 35.8. The minimum atomic E-state index is -0.840. The van der Waals surface area contributed by atoms with E-state index in [4.69, 9.17) is 4.74 Å². The molecule has 1 fully saturated rings. The summed E-state index contributed by atoms with van der Waals surface area (Å²) in [7, 11) is 0. The highest BCUT2D eigenvalue weighted by atomic mass is 16.6. The van der Waals surface area contributed by atoms with Gasteiger partial charge in [0.05, 0.1) is 18.6 Å². The van der Waals surface area contributed by atoms with E-state index >= 15 is 0 Å². The van der Waals surface area contributed by atoms with Gasteiger partial charge in [0.25, 0.3) is 0 Å². The first-order chi connectivity index (χ1) is 9.67. The van der Waals surface area contributed by atoms with E-state index in [9.17, 15) is 20.1 Å². The Bertz CT molecular complexity index is 492. The SMILES string of the molecule is O=C1OC2C3=CCC[C@@H]2C(CO)=C(CO)C[C@@]13CCO. The lowest BCUT2D eigenvalue weighted by Crippen LogP contribution is -2.31. The first kappa shape index (κ1) is 13.8. The molecule has 3 N–H and O–H groups in total. The minimum absolute atomic E-state index is 0.0332. The molecule has 5 heteroatoms. The average molecular weight is 280 g/mol. The van der Waals surface area contributed by atoms with Crippen LogP contribution < -0.4 is 0 Å². The smallest absolute Gasteiger partial charge is 0.317 e. The topological polar surface area (TPSA) is 87.0 Å². The number of ether oxygens (including phenoxy) is 1. The summed E-state index contributed by atoms with van der Waals surface area (Å²) in [5.41, 5.74) is 1.66. The van der Waals surface area contributed by atoms with Crippen LogP contribution >= 0.6 is 0 Å². The second-order valence-corrected chi connectivity index (χ2v) is 5.85. The van der Waals surface area contributed by atoms with E-state index in [0.29, 0.717) is 12.8 Å². The van der Waals surface area contributed by atoms with Crippen molar-refractivity contribution < 1.29 is 24.9 Å². The van der Waals surface area contributed by atoms with Crippen LogP contribution in [0.1, 0.15) is 25.7 Å². The second-order valence-electron chi connectivity index (χ2n) is 5.85. The van der Waals surface area contributed by atoms with Crippen molar-refractivity contribution in [2.45, 2.75) is 31.8 Å². The zero-order valence-electron chi connectivity index (χ0n) is 11.3. The second kappa shape index (κ2) is 4.98. The number of carbonyl (C=O) groups is 1. The van der Waals surface area contributed by atoms with Gasteiger partial charge in [-0.1, -0.05) is 6.08 Å². The molecule has 1 unspecified atom stereocenters. The molecule has 3 aliphatic rings. The molecule has 5 nitrogen and oxygen atoms in total. The summed E-state index contributed by atoms with van der Waals surface area (Å²) in [5, 5.41) is 28.6. The Labute approximate surface area is 117 Å². The number of allylic oxidation sites excluding steroid dienone is 1. The molecule has 110 valence electrons. The van der Waals surface area contributed by atoms with Gasteiger partial charge in [-0.15, -0.1) is 0 Å². The molecule has 0 saturated carbocycles. The lowest BCUT2D eigenvalue weighted by molar-refractivity contribution is -0.151. The van der Waals surface area contributed by atoms with Gasteiger partial charge in [0.1, 0.15) is 6.10 Å². The van der Waals surface area contributed by atoms with E-state index < -0.39 is 5.41 Å². The van der Waals surface area contributed by atoms with Gasteiger partial charge in [0, 0.05) is 12.5 Å². The molecular weight excluding hydrogens is 260 g/mol. The van der Waals surface area contributed by atoms with Crippen molar-refractivity contribution >= 4 is 5.97 Å². The Balaban J connectivity index is 2.16. The lowest BCUT2D eigenvalue weighted by Gasteiger charge is -2.29. The van der Waals surface area contributed by atoms with Crippen LogP contribution in [-0.4, -0.2) is 47.2 Å². The van der Waals surface area contributed by atoms with Crippen molar-refractivity contribution in [2.24, 2.45) is 11.3 Å². The van der Waals surface area contributed by atoms with Crippen LogP contribution in [0, 0.1) is 11.3 Å². The third-order valence-electron chi connectivity index (χ3n) is 5.01. The van der Waals surface area contributed by atoms with Crippen LogP contribution in [0.5, 0.6) is 0 Å². The fraction of sp³-hybridized carbons (Fsp3) is 0.667. The molecule has 0 amide bonds. The number of esters is 1. The highest BCUT2D eigenvalue weighted by molar-refractivity contribution is 5.86. The van der Waals surface area contributed by atoms with Crippen molar-refractivity contribution in [2.75, 3.05) is 19.8 Å². The van der Waals surface area contributed by atoms with Gasteiger partial charge in [-0.25, -0.2) is 0 Å². The van der Waals surface area contributed by atoms with Gasteiger partial charge in [0.15, 0.2) is 0 Å². The third-order valence-corrected chi connectivity index (χ3v) is 5.01. The number of carbonyl (C=O) groups excluding carboxylic acids is 1. The molecule has 0 aromatic carbocycles. The maximum absolute atomic E-state index is 12.4. The van der Waals surface area contributed by atoms with Crippen LogP contribution in [-0.2, 0) is 9.53 Å². The fourth-order valence-corrected chi connectivity index (χ4v) is 4.05. The number of aliphatic hydroxyl groups excluding tert-OH is 3. The zero-order chi connectivity index (χ0) is 14.3. The van der Waals surface area contributed by atoms with Crippen molar-refractivity contribution in [1.82, 2.24) is 0 Å². The highest BCUT2D eigenvalue weighted by Gasteiger charge is 2.58. The molecule has 0 spiro atoms. The van der Waals surface area contributed by atoms with E-state index in [1.54, 1.807) is 0 Å². The number of hydrogen-bond acceptors (Lipinski definition) is 5. The highest BCUT2D eigenvalue weighted by Crippen LogP contribution is 2.55. The summed E-state index contributed by atoms with van der Waals surface area (Å²) < 4.78 is 5.57. The van der Waals surface area contributed by atoms with Crippen molar-refractivity contribution in [3.63, 3.8) is 0 Å². The first-order valence-corrected chi connectivity index (χ1v) is 7.13. The Hall–Kier alpha value is -1.17. The third kappa shape index (κ3) is 1.70. The average Bonchev–Trinajstić information content (AvgIpc) is 2.70.